The number of rotatable bonds is 5. The summed E-state index contributed by atoms with van der Waals surface area (Å²) in [5.41, 5.74) is 4.33. The van der Waals surface area contributed by atoms with Crippen LogP contribution in [-0.4, -0.2) is 30.3 Å². The van der Waals surface area contributed by atoms with Crippen molar-refractivity contribution in [2.75, 3.05) is 5.43 Å². The van der Waals surface area contributed by atoms with Crippen LogP contribution in [0.15, 0.2) is 4.79 Å². The first kappa shape index (κ1) is 24.1. The number of hydrogen-bond donors (Lipinski definition) is 1. The summed E-state index contributed by atoms with van der Waals surface area (Å²) in [5.74, 6) is 0.582. The van der Waals surface area contributed by atoms with Gasteiger partial charge in [0.05, 0.1) is 16.9 Å². The molecule has 1 amide bonds. The number of carbonyl (C=O) groups is 1. The molecule has 0 aromatic carbocycles. The van der Waals surface area contributed by atoms with Gasteiger partial charge in [-0.25, -0.2) is 9.66 Å². The molecule has 0 saturated carbocycles. The third-order valence-electron chi connectivity index (χ3n) is 6.79. The lowest BCUT2D eigenvalue weighted by molar-refractivity contribution is -0.386. The molecule has 3 aromatic rings. The van der Waals surface area contributed by atoms with Crippen molar-refractivity contribution in [2.45, 2.75) is 73.8 Å². The minimum absolute atomic E-state index is 0.0119. The van der Waals surface area contributed by atoms with E-state index in [0.717, 1.165) is 29.7 Å². The number of thiophene rings is 1. The monoisotopic (exact) mass is 486 g/mol. The number of nitro groups is 1. The Hall–Kier alpha value is -3.08. The van der Waals surface area contributed by atoms with Crippen molar-refractivity contribution in [1.82, 2.24) is 19.4 Å². The SMILES string of the molecule is Cc1nn(CCC(=O)Nn2c(C)nc3sc4c(c3c2=O)CC[C@H](C(C)(C)C)C4)c(C)c1[N+](=O)[O-]. The maximum Gasteiger partial charge on any atom is 0.312 e. The van der Waals surface area contributed by atoms with Gasteiger partial charge in [-0.2, -0.15) is 5.10 Å². The van der Waals surface area contributed by atoms with E-state index in [0.29, 0.717) is 28.5 Å². The molecule has 0 saturated heterocycles. The zero-order chi connectivity index (χ0) is 24.9. The van der Waals surface area contributed by atoms with E-state index in [-0.39, 0.29) is 29.6 Å². The first-order valence-electron chi connectivity index (χ1n) is 11.4. The molecule has 0 fully saturated rings. The fourth-order valence-corrected chi connectivity index (χ4v) is 6.09. The first-order valence-corrected chi connectivity index (χ1v) is 12.2. The minimum atomic E-state index is -0.469. The molecular formula is C23H30N6O4S. The van der Waals surface area contributed by atoms with Gasteiger partial charge in [-0.3, -0.25) is 29.8 Å². The summed E-state index contributed by atoms with van der Waals surface area (Å²) in [6.07, 6.45) is 2.82. The van der Waals surface area contributed by atoms with Gasteiger partial charge in [-0.05, 0) is 56.9 Å². The third kappa shape index (κ3) is 4.24. The lowest BCUT2D eigenvalue weighted by Gasteiger charge is -2.33. The van der Waals surface area contributed by atoms with Gasteiger partial charge in [0.1, 0.15) is 22.0 Å². The number of aryl methyl sites for hydroxylation is 4. The van der Waals surface area contributed by atoms with Gasteiger partial charge >= 0.3 is 5.69 Å². The second kappa shape index (κ2) is 8.61. The van der Waals surface area contributed by atoms with Crippen LogP contribution in [0.5, 0.6) is 0 Å². The maximum absolute atomic E-state index is 13.4. The topological polar surface area (TPSA) is 125 Å². The maximum atomic E-state index is 13.4. The summed E-state index contributed by atoms with van der Waals surface area (Å²) in [4.78, 5) is 43.3. The van der Waals surface area contributed by atoms with Crippen molar-refractivity contribution in [3.05, 3.63) is 48.1 Å². The van der Waals surface area contributed by atoms with Crippen LogP contribution in [0.2, 0.25) is 0 Å². The average molecular weight is 487 g/mol. The standard InChI is InChI=1S/C23H30N6O4S/c1-12-20(29(32)33)13(2)27(25-12)10-9-18(30)26-28-14(3)24-21-19(22(28)31)16-8-7-15(23(4,5)6)11-17(16)34-21/h15H,7-11H2,1-6H3,(H,26,30)/t15-/m0/s1. The molecule has 0 spiro atoms. The summed E-state index contributed by atoms with van der Waals surface area (Å²) >= 11 is 1.59. The van der Waals surface area contributed by atoms with E-state index in [1.807, 2.05) is 0 Å². The number of nitrogens with one attached hydrogen (secondary N) is 1. The molecule has 0 bridgehead atoms. The van der Waals surface area contributed by atoms with Gasteiger partial charge in [-0.1, -0.05) is 20.8 Å². The van der Waals surface area contributed by atoms with Crippen molar-refractivity contribution in [2.24, 2.45) is 11.3 Å². The minimum Gasteiger partial charge on any atom is -0.273 e. The molecule has 3 aromatic heterocycles. The highest BCUT2D eigenvalue weighted by atomic mass is 32.1. The molecule has 4 rings (SSSR count). The Bertz CT molecular complexity index is 1360. The highest BCUT2D eigenvalue weighted by Gasteiger charge is 2.32. The van der Waals surface area contributed by atoms with Crippen LogP contribution in [0.1, 0.15) is 61.3 Å². The Labute approximate surface area is 201 Å². The van der Waals surface area contributed by atoms with Gasteiger partial charge in [-0.15, -0.1) is 11.3 Å². The normalized spacial score (nSPS) is 16.0. The fourth-order valence-electron chi connectivity index (χ4n) is 4.75. The van der Waals surface area contributed by atoms with Crippen molar-refractivity contribution < 1.29 is 9.72 Å². The lowest BCUT2D eigenvalue weighted by atomic mass is 9.72. The van der Waals surface area contributed by atoms with E-state index < -0.39 is 10.8 Å². The van der Waals surface area contributed by atoms with E-state index in [1.165, 1.54) is 14.2 Å². The molecule has 1 aliphatic rings. The zero-order valence-electron chi connectivity index (χ0n) is 20.4. The average Bonchev–Trinajstić information content (AvgIpc) is 3.24. The first-order chi connectivity index (χ1) is 15.9. The van der Waals surface area contributed by atoms with E-state index in [1.54, 1.807) is 32.1 Å². The molecule has 0 unspecified atom stereocenters. The summed E-state index contributed by atoms with van der Waals surface area (Å²) in [7, 11) is 0. The van der Waals surface area contributed by atoms with E-state index in [4.69, 9.17) is 0 Å². The van der Waals surface area contributed by atoms with Crippen molar-refractivity contribution >= 4 is 33.1 Å². The second-order valence-electron chi connectivity index (χ2n) is 10.1. The molecule has 10 nitrogen and oxygen atoms in total. The van der Waals surface area contributed by atoms with Crippen LogP contribution in [0.3, 0.4) is 0 Å². The van der Waals surface area contributed by atoms with E-state index in [9.17, 15) is 19.7 Å². The van der Waals surface area contributed by atoms with E-state index >= 15 is 0 Å². The summed E-state index contributed by atoms with van der Waals surface area (Å²) < 4.78 is 2.67. The van der Waals surface area contributed by atoms with Gasteiger partial charge in [0, 0.05) is 11.3 Å². The highest BCUT2D eigenvalue weighted by molar-refractivity contribution is 7.18. The van der Waals surface area contributed by atoms with Crippen LogP contribution in [-0.2, 0) is 24.2 Å². The summed E-state index contributed by atoms with van der Waals surface area (Å²) in [5, 5.41) is 16.0. The Kier molecular flexibility index (Phi) is 6.09. The third-order valence-corrected chi connectivity index (χ3v) is 7.94. The highest BCUT2D eigenvalue weighted by Crippen LogP contribution is 2.42. The van der Waals surface area contributed by atoms with E-state index in [2.05, 4.69) is 36.3 Å². The summed E-state index contributed by atoms with van der Waals surface area (Å²) in [6, 6.07) is 0. The number of hydrogen-bond acceptors (Lipinski definition) is 7. The van der Waals surface area contributed by atoms with Gasteiger partial charge in [0.15, 0.2) is 0 Å². The number of aromatic nitrogens is 4. The molecule has 1 aliphatic carbocycles. The molecule has 1 N–H and O–H groups in total. The molecule has 3 heterocycles. The Morgan fingerprint density at radius 3 is 2.62 bits per heavy atom. The summed E-state index contributed by atoms with van der Waals surface area (Å²) in [6.45, 7) is 11.8. The molecule has 0 aliphatic heterocycles. The predicted octanol–water partition coefficient (Wildman–Crippen LogP) is 3.80. The Morgan fingerprint density at radius 1 is 1.29 bits per heavy atom. The quantitative estimate of drug-likeness (QED) is 0.432. The molecule has 11 heteroatoms. The molecule has 182 valence electrons. The number of fused-ring (bicyclic) bond motifs is 3. The number of carbonyl (C=O) groups excluding carboxylic acids is 1. The number of amides is 1. The van der Waals surface area contributed by atoms with Crippen LogP contribution in [0, 0.1) is 42.2 Å². The predicted molar refractivity (Wildman–Crippen MR) is 131 cm³/mol. The molecule has 1 atom stereocenters. The molecular weight excluding hydrogens is 456 g/mol. The van der Waals surface area contributed by atoms with Gasteiger partial charge < -0.3 is 0 Å². The van der Waals surface area contributed by atoms with Crippen LogP contribution < -0.4 is 11.0 Å². The molecule has 34 heavy (non-hydrogen) atoms. The van der Waals surface area contributed by atoms with Crippen molar-refractivity contribution in [3.8, 4) is 0 Å². The van der Waals surface area contributed by atoms with Crippen LogP contribution >= 0.6 is 11.3 Å². The number of nitrogens with zero attached hydrogens (tertiary/aromatic N) is 5. The Balaban J connectivity index is 1.56. The largest absolute Gasteiger partial charge is 0.312 e. The van der Waals surface area contributed by atoms with Crippen LogP contribution in [0.25, 0.3) is 10.2 Å². The zero-order valence-corrected chi connectivity index (χ0v) is 21.2. The van der Waals surface area contributed by atoms with Crippen molar-refractivity contribution in [1.29, 1.82) is 0 Å². The smallest absolute Gasteiger partial charge is 0.273 e. The van der Waals surface area contributed by atoms with Crippen molar-refractivity contribution in [3.63, 3.8) is 0 Å². The van der Waals surface area contributed by atoms with Gasteiger partial charge in [0.2, 0.25) is 5.91 Å². The lowest BCUT2D eigenvalue weighted by Crippen LogP contribution is -2.36. The second-order valence-corrected chi connectivity index (χ2v) is 11.2. The Morgan fingerprint density at radius 2 is 2.00 bits per heavy atom. The molecule has 0 radical (unpaired) electrons. The van der Waals surface area contributed by atoms with Crippen LogP contribution in [0.4, 0.5) is 5.69 Å². The van der Waals surface area contributed by atoms with Gasteiger partial charge in [0.25, 0.3) is 5.56 Å². The fraction of sp³-hybridized carbons (Fsp3) is 0.565.